The van der Waals surface area contributed by atoms with Crippen LogP contribution in [0, 0.1) is 5.82 Å². The Morgan fingerprint density at radius 2 is 2.00 bits per heavy atom. The molecule has 1 aromatic carbocycles. The van der Waals surface area contributed by atoms with E-state index in [0.29, 0.717) is 23.3 Å². The van der Waals surface area contributed by atoms with Gasteiger partial charge < -0.3 is 11.1 Å². The molecule has 0 aliphatic heterocycles. The number of aromatic nitrogens is 2. The minimum absolute atomic E-state index is 0.218. The van der Waals surface area contributed by atoms with E-state index in [-0.39, 0.29) is 5.82 Å². The number of halogens is 1. The summed E-state index contributed by atoms with van der Waals surface area (Å²) in [4.78, 5) is 8.37. The lowest BCUT2D eigenvalue weighted by atomic mass is 10.1. The van der Waals surface area contributed by atoms with Gasteiger partial charge in [0.15, 0.2) is 5.16 Å². The van der Waals surface area contributed by atoms with Gasteiger partial charge in [-0.1, -0.05) is 23.9 Å². The van der Waals surface area contributed by atoms with Gasteiger partial charge in [-0.05, 0) is 30.4 Å². The summed E-state index contributed by atoms with van der Waals surface area (Å²) in [5, 5.41) is 3.83. The van der Waals surface area contributed by atoms with Crippen LogP contribution in [0.3, 0.4) is 0 Å². The number of hydrogen-bond acceptors (Lipinski definition) is 5. The van der Waals surface area contributed by atoms with E-state index in [4.69, 9.17) is 5.73 Å². The first-order valence-electron chi connectivity index (χ1n) is 5.84. The number of nitrogen functional groups attached to an aromatic ring is 1. The molecule has 0 aliphatic rings. The summed E-state index contributed by atoms with van der Waals surface area (Å²) in [6, 6.07) is 8.18. The van der Waals surface area contributed by atoms with Gasteiger partial charge in [-0.3, -0.25) is 0 Å². The van der Waals surface area contributed by atoms with Crippen LogP contribution in [0.25, 0.3) is 0 Å². The lowest BCUT2D eigenvalue weighted by Gasteiger charge is -2.07. The van der Waals surface area contributed by atoms with Gasteiger partial charge in [0.1, 0.15) is 17.5 Å². The maximum Gasteiger partial charge on any atom is 0.191 e. The quantitative estimate of drug-likeness (QED) is 0.650. The van der Waals surface area contributed by atoms with Crippen molar-refractivity contribution >= 4 is 23.4 Å². The fraction of sp³-hybridized carbons (Fsp3) is 0.231. The molecule has 6 heteroatoms. The van der Waals surface area contributed by atoms with E-state index in [9.17, 15) is 4.39 Å². The van der Waals surface area contributed by atoms with Crippen molar-refractivity contribution in [2.24, 2.45) is 0 Å². The third-order valence-electron chi connectivity index (χ3n) is 2.54. The van der Waals surface area contributed by atoms with Crippen LogP contribution in [0.1, 0.15) is 5.56 Å². The van der Waals surface area contributed by atoms with Crippen LogP contribution in [-0.4, -0.2) is 22.8 Å². The van der Waals surface area contributed by atoms with Gasteiger partial charge in [0, 0.05) is 12.6 Å². The predicted octanol–water partition coefficient (Wildman–Crippen LogP) is 2.57. The molecule has 19 heavy (non-hydrogen) atoms. The summed E-state index contributed by atoms with van der Waals surface area (Å²) in [5.41, 5.74) is 6.76. The largest absolute Gasteiger partial charge is 0.383 e. The van der Waals surface area contributed by atoms with Crippen molar-refractivity contribution in [3.8, 4) is 0 Å². The molecular weight excluding hydrogens is 263 g/mol. The second-order valence-corrected chi connectivity index (χ2v) is 4.74. The van der Waals surface area contributed by atoms with E-state index in [1.54, 1.807) is 18.2 Å². The Kier molecular flexibility index (Phi) is 4.57. The maximum absolute atomic E-state index is 12.8. The molecule has 2 aromatic rings. The Bertz CT molecular complexity index is 545. The third kappa shape index (κ3) is 4.10. The van der Waals surface area contributed by atoms with Crippen molar-refractivity contribution < 1.29 is 4.39 Å². The zero-order chi connectivity index (χ0) is 13.7. The van der Waals surface area contributed by atoms with Crippen molar-refractivity contribution in [3.05, 3.63) is 41.7 Å². The van der Waals surface area contributed by atoms with Crippen molar-refractivity contribution in [1.82, 2.24) is 9.97 Å². The Morgan fingerprint density at radius 1 is 1.26 bits per heavy atom. The molecule has 1 heterocycles. The zero-order valence-corrected chi connectivity index (χ0v) is 11.4. The molecule has 0 amide bonds. The topological polar surface area (TPSA) is 63.8 Å². The number of nitrogens with two attached hydrogens (primary N) is 1. The Morgan fingerprint density at radius 3 is 2.68 bits per heavy atom. The number of nitrogens with one attached hydrogen (secondary N) is 1. The molecule has 0 fully saturated rings. The Balaban J connectivity index is 1.92. The van der Waals surface area contributed by atoms with Crippen LogP contribution in [0.4, 0.5) is 16.0 Å². The van der Waals surface area contributed by atoms with Crippen molar-refractivity contribution in [2.45, 2.75) is 11.6 Å². The molecule has 1 aromatic heterocycles. The number of benzene rings is 1. The van der Waals surface area contributed by atoms with Crippen molar-refractivity contribution in [2.75, 3.05) is 23.9 Å². The normalized spacial score (nSPS) is 10.4. The zero-order valence-electron chi connectivity index (χ0n) is 10.6. The SMILES string of the molecule is CSc1nc(N)cc(NCCc2ccc(F)cc2)n1. The molecule has 0 radical (unpaired) electrons. The third-order valence-corrected chi connectivity index (χ3v) is 3.09. The highest BCUT2D eigenvalue weighted by Crippen LogP contribution is 2.15. The van der Waals surface area contributed by atoms with Crippen LogP contribution in [-0.2, 0) is 6.42 Å². The molecule has 100 valence electrons. The summed E-state index contributed by atoms with van der Waals surface area (Å²) < 4.78 is 12.8. The molecule has 0 atom stereocenters. The van der Waals surface area contributed by atoms with E-state index in [1.807, 2.05) is 6.26 Å². The molecule has 0 bridgehead atoms. The van der Waals surface area contributed by atoms with Crippen molar-refractivity contribution in [1.29, 1.82) is 0 Å². The van der Waals surface area contributed by atoms with Crippen molar-refractivity contribution in [3.63, 3.8) is 0 Å². The average molecular weight is 278 g/mol. The molecule has 0 saturated heterocycles. The second-order valence-electron chi connectivity index (χ2n) is 3.97. The fourth-order valence-corrected chi connectivity index (χ4v) is 2.00. The van der Waals surface area contributed by atoms with Gasteiger partial charge in [-0.25, -0.2) is 14.4 Å². The van der Waals surface area contributed by atoms with Crippen LogP contribution in [0.15, 0.2) is 35.5 Å². The first-order valence-corrected chi connectivity index (χ1v) is 7.07. The van der Waals surface area contributed by atoms with Gasteiger partial charge in [-0.15, -0.1) is 0 Å². The first kappa shape index (κ1) is 13.6. The lowest BCUT2D eigenvalue weighted by Crippen LogP contribution is -2.08. The summed E-state index contributed by atoms with van der Waals surface area (Å²) in [6.07, 6.45) is 2.69. The second kappa shape index (κ2) is 6.38. The van der Waals surface area contributed by atoms with Crippen LogP contribution in [0.2, 0.25) is 0 Å². The Labute approximate surface area is 115 Å². The molecule has 0 saturated carbocycles. The Hall–Kier alpha value is -1.82. The number of anilines is 2. The number of hydrogen-bond donors (Lipinski definition) is 2. The summed E-state index contributed by atoms with van der Waals surface area (Å²) in [5.74, 6) is 0.937. The summed E-state index contributed by atoms with van der Waals surface area (Å²) >= 11 is 1.44. The van der Waals surface area contributed by atoms with Crippen LogP contribution >= 0.6 is 11.8 Å². The van der Waals surface area contributed by atoms with E-state index in [1.165, 1.54) is 23.9 Å². The first-order chi connectivity index (χ1) is 9.17. The number of nitrogens with zero attached hydrogens (tertiary/aromatic N) is 2. The van der Waals surface area contributed by atoms with E-state index < -0.39 is 0 Å². The minimum Gasteiger partial charge on any atom is -0.383 e. The van der Waals surface area contributed by atoms with E-state index in [0.717, 1.165) is 12.0 Å². The van der Waals surface area contributed by atoms with Crippen LogP contribution < -0.4 is 11.1 Å². The standard InChI is InChI=1S/C13H15FN4S/c1-19-13-17-11(15)8-12(18-13)16-7-6-9-2-4-10(14)5-3-9/h2-5,8H,6-7H2,1H3,(H3,15,16,17,18). The molecular formula is C13H15FN4S. The minimum atomic E-state index is -0.218. The van der Waals surface area contributed by atoms with Gasteiger partial charge in [0.25, 0.3) is 0 Å². The van der Waals surface area contributed by atoms with Crippen LogP contribution in [0.5, 0.6) is 0 Å². The number of thioether (sulfide) groups is 1. The van der Waals surface area contributed by atoms with Gasteiger partial charge in [-0.2, -0.15) is 0 Å². The van der Waals surface area contributed by atoms with E-state index in [2.05, 4.69) is 15.3 Å². The molecule has 2 rings (SSSR count). The fourth-order valence-electron chi connectivity index (χ4n) is 1.61. The predicted molar refractivity (Wildman–Crippen MR) is 76.8 cm³/mol. The average Bonchev–Trinajstić information content (AvgIpc) is 2.40. The molecule has 0 spiro atoms. The number of rotatable bonds is 5. The summed E-state index contributed by atoms with van der Waals surface area (Å²) in [7, 11) is 0. The van der Waals surface area contributed by atoms with Gasteiger partial charge in [0.05, 0.1) is 0 Å². The molecule has 4 nitrogen and oxygen atoms in total. The highest BCUT2D eigenvalue weighted by atomic mass is 32.2. The summed E-state index contributed by atoms with van der Waals surface area (Å²) in [6.45, 7) is 0.704. The smallest absolute Gasteiger partial charge is 0.191 e. The monoisotopic (exact) mass is 278 g/mol. The van der Waals surface area contributed by atoms with Gasteiger partial charge in [0.2, 0.25) is 0 Å². The maximum atomic E-state index is 12.8. The molecule has 0 aliphatic carbocycles. The molecule has 3 N–H and O–H groups in total. The highest BCUT2D eigenvalue weighted by molar-refractivity contribution is 7.98. The van der Waals surface area contributed by atoms with Gasteiger partial charge >= 0.3 is 0 Å². The van der Waals surface area contributed by atoms with E-state index >= 15 is 0 Å². The lowest BCUT2D eigenvalue weighted by molar-refractivity contribution is 0.627. The highest BCUT2D eigenvalue weighted by Gasteiger charge is 2.01. The molecule has 0 unspecified atom stereocenters.